The molecule has 1 amide bonds. The molecule has 3 aromatic rings. The Morgan fingerprint density at radius 2 is 1.91 bits per heavy atom. The van der Waals surface area contributed by atoms with Gasteiger partial charge in [-0.25, -0.2) is 9.78 Å². The van der Waals surface area contributed by atoms with Gasteiger partial charge in [-0.05, 0) is 36.5 Å². The molecule has 7 heteroatoms. The monoisotopic (exact) mass is 440 g/mol. The van der Waals surface area contributed by atoms with Crippen LogP contribution in [0, 0.1) is 11.3 Å². The number of carboxylic acid groups (broad SMARTS) is 1. The second kappa shape index (κ2) is 8.47. The van der Waals surface area contributed by atoms with E-state index < -0.39 is 11.6 Å². The zero-order chi connectivity index (χ0) is 22.8. The van der Waals surface area contributed by atoms with E-state index in [1.165, 1.54) is 0 Å². The number of nitrogens with one attached hydrogen (secondary N) is 1. The highest BCUT2D eigenvalue weighted by Crippen LogP contribution is 2.43. The van der Waals surface area contributed by atoms with Gasteiger partial charge in [0.15, 0.2) is 0 Å². The molecule has 166 valence electrons. The van der Waals surface area contributed by atoms with Crippen molar-refractivity contribution >= 4 is 11.8 Å². The largest absolute Gasteiger partial charge is 0.474 e. The number of ether oxygens (including phenoxy) is 1. The highest BCUT2D eigenvalue weighted by molar-refractivity contribution is 5.85. The Bertz CT molecular complexity index is 1210. The second-order valence-corrected chi connectivity index (χ2v) is 8.45. The average Bonchev–Trinajstić information content (AvgIpc) is 2.82. The molecule has 7 nitrogen and oxygen atoms in total. The molecule has 2 aliphatic rings. The molecule has 33 heavy (non-hydrogen) atoms. The molecule has 5 rings (SSSR count). The van der Waals surface area contributed by atoms with E-state index in [1.807, 2.05) is 59.5 Å². The van der Waals surface area contributed by atoms with E-state index in [9.17, 15) is 15.2 Å². The predicted octanol–water partition coefficient (Wildman–Crippen LogP) is 4.78. The van der Waals surface area contributed by atoms with Crippen LogP contribution in [0.1, 0.15) is 24.8 Å². The minimum absolute atomic E-state index is 0.277. The number of carbonyl (C=O) groups is 1. The van der Waals surface area contributed by atoms with Gasteiger partial charge in [0, 0.05) is 11.1 Å². The van der Waals surface area contributed by atoms with Crippen LogP contribution >= 0.6 is 0 Å². The van der Waals surface area contributed by atoms with Crippen LogP contribution in [0.4, 0.5) is 10.5 Å². The standard InChI is InChI=1S/C26H24N4O3/c27-13-14-30-15-16-33-24-22(30)17-21(18-5-2-1-3-6-18)23(28-24)19-7-9-20(10-8-19)26(11-4-12-26)29-25(31)32/h1-3,5-10,17,29H,4,11-12,14-16H2,(H,31,32). The first-order chi connectivity index (χ1) is 16.1. The molecule has 2 heterocycles. The Labute approximate surface area is 192 Å². The first-order valence-corrected chi connectivity index (χ1v) is 11.1. The van der Waals surface area contributed by atoms with Gasteiger partial charge < -0.3 is 20.1 Å². The van der Waals surface area contributed by atoms with E-state index in [4.69, 9.17) is 9.72 Å². The first-order valence-electron chi connectivity index (χ1n) is 11.1. The summed E-state index contributed by atoms with van der Waals surface area (Å²) in [5.41, 5.74) is 4.98. The normalized spacial score (nSPS) is 16.0. The van der Waals surface area contributed by atoms with Crippen LogP contribution in [0.2, 0.25) is 0 Å². The zero-order valence-electron chi connectivity index (χ0n) is 18.1. The number of anilines is 1. The molecule has 0 bridgehead atoms. The fraction of sp³-hybridized carbons (Fsp3) is 0.269. The van der Waals surface area contributed by atoms with Crippen molar-refractivity contribution in [2.75, 3.05) is 24.6 Å². The van der Waals surface area contributed by atoms with Gasteiger partial charge in [0.1, 0.15) is 18.8 Å². The quantitative estimate of drug-likeness (QED) is 0.554. The first kappa shape index (κ1) is 20.8. The van der Waals surface area contributed by atoms with Crippen molar-refractivity contribution in [2.45, 2.75) is 24.8 Å². The van der Waals surface area contributed by atoms with Crippen LogP contribution in [0.15, 0.2) is 60.7 Å². The van der Waals surface area contributed by atoms with Crippen molar-refractivity contribution in [1.82, 2.24) is 10.3 Å². The molecule has 1 aliphatic heterocycles. The van der Waals surface area contributed by atoms with Crippen molar-refractivity contribution in [2.24, 2.45) is 0 Å². The molecule has 1 fully saturated rings. The maximum absolute atomic E-state index is 11.3. The van der Waals surface area contributed by atoms with Gasteiger partial charge in [0.25, 0.3) is 0 Å². The molecular formula is C26H24N4O3. The Balaban J connectivity index is 1.59. The van der Waals surface area contributed by atoms with E-state index in [-0.39, 0.29) is 6.54 Å². The number of nitriles is 1. The van der Waals surface area contributed by atoms with Crippen molar-refractivity contribution in [3.8, 4) is 34.3 Å². The van der Waals surface area contributed by atoms with Gasteiger partial charge in [0.2, 0.25) is 5.88 Å². The molecule has 0 radical (unpaired) electrons. The Hall–Kier alpha value is -4.05. The van der Waals surface area contributed by atoms with Crippen molar-refractivity contribution in [3.63, 3.8) is 0 Å². The van der Waals surface area contributed by atoms with Crippen LogP contribution in [0.5, 0.6) is 5.88 Å². The summed E-state index contributed by atoms with van der Waals surface area (Å²) < 4.78 is 5.86. The van der Waals surface area contributed by atoms with Gasteiger partial charge >= 0.3 is 6.09 Å². The SMILES string of the molecule is N#CCN1CCOc2nc(-c3ccc(C4(NC(=O)O)CCC4)cc3)c(-c3ccccc3)cc21. The summed E-state index contributed by atoms with van der Waals surface area (Å²) in [7, 11) is 0. The number of benzene rings is 2. The number of amides is 1. The van der Waals surface area contributed by atoms with Gasteiger partial charge in [-0.3, -0.25) is 0 Å². The molecular weight excluding hydrogens is 416 g/mol. The summed E-state index contributed by atoms with van der Waals surface area (Å²) in [5, 5.41) is 21.2. The maximum Gasteiger partial charge on any atom is 0.405 e. The minimum atomic E-state index is -0.999. The molecule has 0 saturated heterocycles. The highest BCUT2D eigenvalue weighted by Gasteiger charge is 2.40. The lowest BCUT2D eigenvalue weighted by Crippen LogP contribution is -2.50. The Morgan fingerprint density at radius 3 is 2.55 bits per heavy atom. The zero-order valence-corrected chi connectivity index (χ0v) is 18.1. The van der Waals surface area contributed by atoms with E-state index in [0.717, 1.165) is 52.9 Å². The number of nitrogens with zero attached hydrogens (tertiary/aromatic N) is 3. The summed E-state index contributed by atoms with van der Waals surface area (Å²) >= 11 is 0. The number of hydrogen-bond donors (Lipinski definition) is 2. The summed E-state index contributed by atoms with van der Waals surface area (Å²) in [6.45, 7) is 1.40. The third-order valence-corrected chi connectivity index (χ3v) is 6.52. The van der Waals surface area contributed by atoms with E-state index >= 15 is 0 Å². The number of rotatable bonds is 5. The minimum Gasteiger partial charge on any atom is -0.474 e. The van der Waals surface area contributed by atoms with E-state index in [1.54, 1.807) is 0 Å². The molecule has 2 N–H and O–H groups in total. The van der Waals surface area contributed by atoms with Crippen LogP contribution < -0.4 is 15.0 Å². The maximum atomic E-state index is 11.3. The Morgan fingerprint density at radius 1 is 1.15 bits per heavy atom. The van der Waals surface area contributed by atoms with Gasteiger partial charge in [-0.1, -0.05) is 54.6 Å². The number of pyridine rings is 1. The second-order valence-electron chi connectivity index (χ2n) is 8.45. The van der Waals surface area contributed by atoms with E-state index in [0.29, 0.717) is 19.0 Å². The van der Waals surface area contributed by atoms with E-state index in [2.05, 4.69) is 17.5 Å². The number of fused-ring (bicyclic) bond motifs is 1. The summed E-state index contributed by atoms with van der Waals surface area (Å²) in [6, 6.07) is 22.3. The summed E-state index contributed by atoms with van der Waals surface area (Å²) in [6.07, 6.45) is 1.60. The average molecular weight is 441 g/mol. The number of aromatic nitrogens is 1. The summed E-state index contributed by atoms with van der Waals surface area (Å²) in [5.74, 6) is 0.526. The molecule has 1 aromatic heterocycles. The third kappa shape index (κ3) is 3.85. The van der Waals surface area contributed by atoms with Crippen molar-refractivity contribution < 1.29 is 14.6 Å². The molecule has 1 saturated carbocycles. The smallest absolute Gasteiger partial charge is 0.405 e. The topological polar surface area (TPSA) is 98.5 Å². The number of hydrogen-bond acceptors (Lipinski definition) is 5. The van der Waals surface area contributed by atoms with Crippen molar-refractivity contribution in [3.05, 3.63) is 66.2 Å². The molecule has 0 unspecified atom stereocenters. The lowest BCUT2D eigenvalue weighted by molar-refractivity contribution is 0.144. The molecule has 2 aromatic carbocycles. The van der Waals surface area contributed by atoms with Crippen LogP contribution in [0.3, 0.4) is 0 Å². The van der Waals surface area contributed by atoms with Gasteiger partial charge in [0.05, 0.1) is 23.8 Å². The molecule has 0 atom stereocenters. The van der Waals surface area contributed by atoms with Crippen LogP contribution in [-0.4, -0.2) is 35.9 Å². The fourth-order valence-electron chi connectivity index (χ4n) is 4.67. The lowest BCUT2D eigenvalue weighted by Gasteiger charge is -2.42. The lowest BCUT2D eigenvalue weighted by atomic mass is 9.71. The fourth-order valence-corrected chi connectivity index (χ4v) is 4.67. The van der Waals surface area contributed by atoms with Crippen LogP contribution in [0.25, 0.3) is 22.4 Å². The van der Waals surface area contributed by atoms with Gasteiger partial charge in [-0.15, -0.1) is 0 Å². The predicted molar refractivity (Wildman–Crippen MR) is 125 cm³/mol. The highest BCUT2D eigenvalue weighted by atomic mass is 16.5. The third-order valence-electron chi connectivity index (χ3n) is 6.52. The van der Waals surface area contributed by atoms with Crippen molar-refractivity contribution in [1.29, 1.82) is 5.26 Å². The molecule has 0 spiro atoms. The van der Waals surface area contributed by atoms with Gasteiger partial charge in [-0.2, -0.15) is 5.26 Å². The Kier molecular flexibility index (Phi) is 5.35. The summed E-state index contributed by atoms with van der Waals surface area (Å²) in [4.78, 5) is 18.2. The van der Waals surface area contributed by atoms with Crippen LogP contribution in [-0.2, 0) is 5.54 Å². The molecule has 1 aliphatic carbocycles.